The molecule has 2 aromatic rings. The maximum atomic E-state index is 12.4. The number of allylic oxidation sites excluding steroid dienone is 1. The van der Waals surface area contributed by atoms with E-state index in [9.17, 15) is 14.4 Å². The SMILES string of the molecule is C=C(C)Cn1c(N2CCN(CC(N)=O)CC2)nc2c1c(=O)[nH]c(=O)n2C. The first-order valence-electron chi connectivity index (χ1n) is 8.37. The van der Waals surface area contributed by atoms with Crippen molar-refractivity contribution in [1.82, 2.24) is 24.0 Å². The molecule has 3 N–H and O–H groups in total. The topological polar surface area (TPSA) is 122 Å². The molecule has 0 unspecified atom stereocenters. The molecule has 0 aliphatic carbocycles. The van der Waals surface area contributed by atoms with E-state index in [1.807, 2.05) is 16.7 Å². The quantitative estimate of drug-likeness (QED) is 0.632. The van der Waals surface area contributed by atoms with Gasteiger partial charge in [0, 0.05) is 39.8 Å². The zero-order chi connectivity index (χ0) is 19.0. The number of hydrogen-bond acceptors (Lipinski definition) is 6. The number of hydrogen-bond donors (Lipinski definition) is 2. The van der Waals surface area contributed by atoms with Crippen molar-refractivity contribution in [1.29, 1.82) is 0 Å². The minimum Gasteiger partial charge on any atom is -0.369 e. The molecule has 1 saturated heterocycles. The Morgan fingerprint density at radius 1 is 1.23 bits per heavy atom. The fourth-order valence-corrected chi connectivity index (χ4v) is 3.21. The molecule has 0 saturated carbocycles. The number of nitrogens with zero attached hydrogens (tertiary/aromatic N) is 5. The lowest BCUT2D eigenvalue weighted by Gasteiger charge is -2.34. The number of imidazole rings is 1. The molecule has 26 heavy (non-hydrogen) atoms. The molecule has 10 heteroatoms. The number of anilines is 1. The van der Waals surface area contributed by atoms with E-state index in [1.54, 1.807) is 11.6 Å². The van der Waals surface area contributed by atoms with Gasteiger partial charge in [0.25, 0.3) is 5.56 Å². The number of aromatic amines is 1. The van der Waals surface area contributed by atoms with Crippen LogP contribution in [0.25, 0.3) is 11.2 Å². The summed E-state index contributed by atoms with van der Waals surface area (Å²) >= 11 is 0. The van der Waals surface area contributed by atoms with Crippen LogP contribution in [0.15, 0.2) is 21.7 Å². The summed E-state index contributed by atoms with van der Waals surface area (Å²) in [4.78, 5) is 46.3. The molecule has 10 nitrogen and oxygen atoms in total. The second-order valence-electron chi connectivity index (χ2n) is 6.68. The van der Waals surface area contributed by atoms with Crippen molar-refractivity contribution in [3.63, 3.8) is 0 Å². The monoisotopic (exact) mass is 361 g/mol. The lowest BCUT2D eigenvalue weighted by Crippen LogP contribution is -2.49. The molecule has 0 atom stereocenters. The summed E-state index contributed by atoms with van der Waals surface area (Å²) in [7, 11) is 1.58. The van der Waals surface area contributed by atoms with Gasteiger partial charge in [0.1, 0.15) is 0 Å². The number of amides is 1. The Hall–Kier alpha value is -2.88. The number of H-pyrrole nitrogens is 1. The van der Waals surface area contributed by atoms with Crippen molar-refractivity contribution in [2.24, 2.45) is 12.8 Å². The Bertz CT molecular complexity index is 976. The first kappa shape index (κ1) is 17.9. The Kier molecular flexibility index (Phi) is 4.68. The van der Waals surface area contributed by atoms with Gasteiger partial charge in [-0.3, -0.25) is 24.0 Å². The molecule has 1 aliphatic rings. The summed E-state index contributed by atoms with van der Waals surface area (Å²) in [5.74, 6) is 0.267. The van der Waals surface area contributed by atoms with Crippen molar-refractivity contribution in [2.45, 2.75) is 13.5 Å². The van der Waals surface area contributed by atoms with Gasteiger partial charge < -0.3 is 15.2 Å². The molecule has 2 aromatic heterocycles. The van der Waals surface area contributed by atoms with Gasteiger partial charge in [-0.05, 0) is 6.92 Å². The third kappa shape index (κ3) is 3.27. The Labute approximate surface area is 149 Å². The van der Waals surface area contributed by atoms with E-state index in [-0.39, 0.29) is 12.5 Å². The molecule has 140 valence electrons. The van der Waals surface area contributed by atoms with Crippen LogP contribution in [-0.4, -0.2) is 62.6 Å². The average molecular weight is 361 g/mol. The van der Waals surface area contributed by atoms with Gasteiger partial charge in [0.15, 0.2) is 11.2 Å². The second kappa shape index (κ2) is 6.79. The van der Waals surface area contributed by atoms with Gasteiger partial charge in [-0.25, -0.2) is 4.79 Å². The second-order valence-corrected chi connectivity index (χ2v) is 6.68. The van der Waals surface area contributed by atoms with Crippen LogP contribution < -0.4 is 21.9 Å². The standard InChI is InChI=1S/C16H23N7O3/c1-10(2)8-23-12-13(20(3)16(26)19-14(12)25)18-15(23)22-6-4-21(5-7-22)9-11(17)24/h1,4-9H2,2-3H3,(H2,17,24)(H,19,25,26). The van der Waals surface area contributed by atoms with Crippen molar-refractivity contribution in [2.75, 3.05) is 37.6 Å². The van der Waals surface area contributed by atoms with Crippen LogP contribution in [0.1, 0.15) is 6.92 Å². The molecule has 1 amide bonds. The summed E-state index contributed by atoms with van der Waals surface area (Å²) < 4.78 is 3.12. The van der Waals surface area contributed by atoms with E-state index in [0.717, 1.165) is 5.57 Å². The van der Waals surface area contributed by atoms with Gasteiger partial charge >= 0.3 is 5.69 Å². The summed E-state index contributed by atoms with van der Waals surface area (Å²) in [6, 6.07) is 0. The normalized spacial score (nSPS) is 15.5. The number of fused-ring (bicyclic) bond motifs is 1. The van der Waals surface area contributed by atoms with E-state index in [2.05, 4.69) is 16.5 Å². The van der Waals surface area contributed by atoms with Crippen LogP contribution in [0.2, 0.25) is 0 Å². The Morgan fingerprint density at radius 2 is 1.88 bits per heavy atom. The number of aromatic nitrogens is 4. The van der Waals surface area contributed by atoms with Crippen LogP contribution in [0.4, 0.5) is 5.95 Å². The number of carbonyl (C=O) groups is 1. The Morgan fingerprint density at radius 3 is 2.46 bits per heavy atom. The predicted octanol–water partition coefficient (Wildman–Crippen LogP) is -1.39. The number of piperazine rings is 1. The zero-order valence-electron chi connectivity index (χ0n) is 15.0. The van der Waals surface area contributed by atoms with Crippen LogP contribution in [0.3, 0.4) is 0 Å². The highest BCUT2D eigenvalue weighted by Crippen LogP contribution is 2.21. The molecule has 0 spiro atoms. The first-order valence-corrected chi connectivity index (χ1v) is 8.37. The van der Waals surface area contributed by atoms with E-state index >= 15 is 0 Å². The molecular formula is C16H23N7O3. The number of rotatable bonds is 5. The molecule has 3 heterocycles. The van der Waals surface area contributed by atoms with Gasteiger partial charge in [-0.2, -0.15) is 4.98 Å². The molecule has 3 rings (SSSR count). The maximum absolute atomic E-state index is 12.4. The van der Waals surface area contributed by atoms with Crippen molar-refractivity contribution >= 4 is 23.0 Å². The number of carbonyl (C=O) groups excluding carboxylic acids is 1. The van der Waals surface area contributed by atoms with Gasteiger partial charge in [0.2, 0.25) is 11.9 Å². The zero-order valence-corrected chi connectivity index (χ0v) is 15.0. The van der Waals surface area contributed by atoms with Gasteiger partial charge in [-0.1, -0.05) is 12.2 Å². The van der Waals surface area contributed by atoms with E-state index in [1.165, 1.54) is 4.57 Å². The van der Waals surface area contributed by atoms with Crippen molar-refractivity contribution in [3.8, 4) is 0 Å². The molecule has 0 radical (unpaired) electrons. The van der Waals surface area contributed by atoms with E-state index in [0.29, 0.717) is 49.8 Å². The van der Waals surface area contributed by atoms with Crippen LogP contribution in [0.5, 0.6) is 0 Å². The third-order valence-electron chi connectivity index (χ3n) is 4.45. The summed E-state index contributed by atoms with van der Waals surface area (Å²) in [5.41, 5.74) is 5.85. The molecule has 0 bridgehead atoms. The van der Waals surface area contributed by atoms with Gasteiger partial charge in [0.05, 0.1) is 6.54 Å². The van der Waals surface area contributed by atoms with Crippen molar-refractivity contribution in [3.05, 3.63) is 33.0 Å². The third-order valence-corrected chi connectivity index (χ3v) is 4.45. The highest BCUT2D eigenvalue weighted by Gasteiger charge is 2.25. The number of primary amides is 1. The smallest absolute Gasteiger partial charge is 0.329 e. The molecule has 0 aromatic carbocycles. The van der Waals surface area contributed by atoms with Crippen LogP contribution in [0, 0.1) is 0 Å². The lowest BCUT2D eigenvalue weighted by atomic mass is 10.3. The maximum Gasteiger partial charge on any atom is 0.329 e. The number of nitrogens with one attached hydrogen (secondary N) is 1. The fraction of sp³-hybridized carbons (Fsp3) is 0.500. The van der Waals surface area contributed by atoms with E-state index < -0.39 is 11.2 Å². The minimum atomic E-state index is -0.500. The number of aryl methyl sites for hydroxylation is 1. The molecule has 1 fully saturated rings. The van der Waals surface area contributed by atoms with Crippen molar-refractivity contribution < 1.29 is 4.79 Å². The lowest BCUT2D eigenvalue weighted by molar-refractivity contribution is -0.119. The highest BCUT2D eigenvalue weighted by atomic mass is 16.2. The minimum absolute atomic E-state index is 0.226. The summed E-state index contributed by atoms with van der Waals surface area (Å²) in [5, 5.41) is 0. The summed E-state index contributed by atoms with van der Waals surface area (Å²) in [6.07, 6.45) is 0. The molecule has 1 aliphatic heterocycles. The molecular weight excluding hydrogens is 338 g/mol. The largest absolute Gasteiger partial charge is 0.369 e. The van der Waals surface area contributed by atoms with Crippen LogP contribution in [-0.2, 0) is 18.4 Å². The summed E-state index contributed by atoms with van der Waals surface area (Å²) in [6.45, 7) is 9.05. The van der Waals surface area contributed by atoms with E-state index in [4.69, 9.17) is 5.73 Å². The van der Waals surface area contributed by atoms with Gasteiger partial charge in [-0.15, -0.1) is 0 Å². The predicted molar refractivity (Wildman–Crippen MR) is 98.3 cm³/mol. The van der Waals surface area contributed by atoms with Crippen LogP contribution >= 0.6 is 0 Å². The highest BCUT2D eigenvalue weighted by molar-refractivity contribution is 5.76. The fourth-order valence-electron chi connectivity index (χ4n) is 3.21. The Balaban J connectivity index is 2.03. The average Bonchev–Trinajstić information content (AvgIpc) is 2.92. The number of nitrogens with two attached hydrogens (primary N) is 1. The first-order chi connectivity index (χ1) is 12.3.